The van der Waals surface area contributed by atoms with Crippen molar-refractivity contribution in [3.8, 4) is 0 Å². The Labute approximate surface area is 99.5 Å². The highest BCUT2D eigenvalue weighted by atomic mass is 16.7. The third-order valence-electron chi connectivity index (χ3n) is 2.14. The molecule has 92 valence electrons. The van der Waals surface area contributed by atoms with Gasteiger partial charge in [0.15, 0.2) is 0 Å². The number of hydrogen-bond acceptors (Lipinski definition) is 5. The van der Waals surface area contributed by atoms with E-state index in [9.17, 15) is 9.59 Å². The smallest absolute Gasteiger partial charge is 0.324 e. The molecule has 0 aliphatic carbocycles. The van der Waals surface area contributed by atoms with Crippen LogP contribution >= 0.6 is 0 Å². The van der Waals surface area contributed by atoms with Crippen LogP contribution in [0.4, 0.5) is 0 Å². The molecule has 0 unspecified atom stereocenters. The fourth-order valence-electron chi connectivity index (χ4n) is 1.25. The highest BCUT2D eigenvalue weighted by Gasteiger charge is 2.06. The molecule has 1 aromatic rings. The van der Waals surface area contributed by atoms with E-state index in [2.05, 4.69) is 10.7 Å². The Hall–Kier alpha value is -1.88. The van der Waals surface area contributed by atoms with Crippen molar-refractivity contribution in [2.75, 3.05) is 0 Å². The maximum atomic E-state index is 11.3. The quantitative estimate of drug-likeness (QED) is 0.596. The molecule has 0 aromatic heterocycles. The normalized spacial score (nSPS) is 9.71. The van der Waals surface area contributed by atoms with Gasteiger partial charge < -0.3 is 9.57 Å². The molecule has 1 aromatic carbocycles. The molecule has 0 amide bonds. The zero-order valence-corrected chi connectivity index (χ0v) is 9.43. The Kier molecular flexibility index (Phi) is 5.74. The van der Waals surface area contributed by atoms with Gasteiger partial charge in [0.25, 0.3) is 0 Å². The van der Waals surface area contributed by atoms with Gasteiger partial charge in [-0.25, -0.2) is 0 Å². The van der Waals surface area contributed by atoms with Gasteiger partial charge in [-0.2, -0.15) is 5.90 Å². The summed E-state index contributed by atoms with van der Waals surface area (Å²) >= 11 is 0. The standard InChI is InChI=1S/C12H15NO4/c13-17-12(15)8-4-7-11(14)16-9-10-5-2-1-3-6-10/h1-3,5-6H,4,7-9,13H2. The molecule has 0 saturated heterocycles. The van der Waals surface area contributed by atoms with Crippen molar-refractivity contribution in [1.82, 2.24) is 0 Å². The minimum Gasteiger partial charge on any atom is -0.461 e. The monoisotopic (exact) mass is 237 g/mol. The molecular formula is C12H15NO4. The summed E-state index contributed by atoms with van der Waals surface area (Å²) in [6.45, 7) is 0.251. The van der Waals surface area contributed by atoms with Crippen molar-refractivity contribution in [3.05, 3.63) is 35.9 Å². The van der Waals surface area contributed by atoms with E-state index in [1.165, 1.54) is 0 Å². The van der Waals surface area contributed by atoms with Crippen LogP contribution in [0.1, 0.15) is 24.8 Å². The summed E-state index contributed by atoms with van der Waals surface area (Å²) in [4.78, 5) is 25.9. The molecule has 1 rings (SSSR count). The number of hydrogen-bond donors (Lipinski definition) is 1. The van der Waals surface area contributed by atoms with Crippen molar-refractivity contribution in [2.24, 2.45) is 5.90 Å². The highest BCUT2D eigenvalue weighted by Crippen LogP contribution is 2.04. The van der Waals surface area contributed by atoms with E-state index in [4.69, 9.17) is 4.74 Å². The minimum absolute atomic E-state index is 0.122. The zero-order valence-electron chi connectivity index (χ0n) is 9.43. The molecule has 0 saturated carbocycles. The van der Waals surface area contributed by atoms with E-state index in [0.29, 0.717) is 6.42 Å². The number of carbonyl (C=O) groups excluding carboxylic acids is 2. The summed E-state index contributed by atoms with van der Waals surface area (Å²) in [6.07, 6.45) is 0.683. The highest BCUT2D eigenvalue weighted by molar-refractivity contribution is 5.72. The summed E-state index contributed by atoms with van der Waals surface area (Å²) in [5.41, 5.74) is 0.933. The zero-order chi connectivity index (χ0) is 12.5. The lowest BCUT2D eigenvalue weighted by Gasteiger charge is -2.04. The number of ether oxygens (including phenoxy) is 1. The molecule has 0 aliphatic heterocycles. The van der Waals surface area contributed by atoms with Crippen LogP contribution in [0.2, 0.25) is 0 Å². The molecule has 0 spiro atoms. The second-order valence-corrected chi connectivity index (χ2v) is 3.49. The topological polar surface area (TPSA) is 78.6 Å². The molecule has 0 radical (unpaired) electrons. The second kappa shape index (κ2) is 7.40. The summed E-state index contributed by atoms with van der Waals surface area (Å²) in [6, 6.07) is 9.39. The predicted octanol–water partition coefficient (Wildman–Crippen LogP) is 1.32. The van der Waals surface area contributed by atoms with Gasteiger partial charge in [0.05, 0.1) is 0 Å². The average Bonchev–Trinajstić information content (AvgIpc) is 2.37. The van der Waals surface area contributed by atoms with E-state index >= 15 is 0 Å². The van der Waals surface area contributed by atoms with Crippen LogP contribution in [0.15, 0.2) is 30.3 Å². The van der Waals surface area contributed by atoms with Crippen LogP contribution in [0.3, 0.4) is 0 Å². The Morgan fingerprint density at radius 1 is 1.06 bits per heavy atom. The molecule has 0 atom stereocenters. The largest absolute Gasteiger partial charge is 0.461 e. The van der Waals surface area contributed by atoms with Gasteiger partial charge in [0, 0.05) is 12.8 Å². The van der Waals surface area contributed by atoms with Crippen LogP contribution in [-0.4, -0.2) is 11.9 Å². The first-order chi connectivity index (χ1) is 8.22. The summed E-state index contributed by atoms with van der Waals surface area (Å²) in [5.74, 6) is 3.80. The van der Waals surface area contributed by atoms with E-state index in [0.717, 1.165) is 5.56 Å². The molecule has 5 heteroatoms. The van der Waals surface area contributed by atoms with Gasteiger partial charge in [-0.3, -0.25) is 9.59 Å². The van der Waals surface area contributed by atoms with Gasteiger partial charge in [0.1, 0.15) is 6.61 Å². The van der Waals surface area contributed by atoms with Gasteiger partial charge in [-0.1, -0.05) is 30.3 Å². The van der Waals surface area contributed by atoms with Crippen LogP contribution in [0.25, 0.3) is 0 Å². The lowest BCUT2D eigenvalue weighted by atomic mass is 10.2. The molecule has 17 heavy (non-hydrogen) atoms. The number of carbonyl (C=O) groups is 2. The van der Waals surface area contributed by atoms with Crippen LogP contribution < -0.4 is 5.90 Å². The molecule has 0 bridgehead atoms. The lowest BCUT2D eigenvalue weighted by molar-refractivity contribution is -0.146. The third-order valence-corrected chi connectivity index (χ3v) is 2.14. The van der Waals surface area contributed by atoms with Crippen LogP contribution in [0.5, 0.6) is 0 Å². The third kappa shape index (κ3) is 5.67. The van der Waals surface area contributed by atoms with E-state index in [1.54, 1.807) is 0 Å². The van der Waals surface area contributed by atoms with Gasteiger partial charge in [0.2, 0.25) is 0 Å². The molecule has 0 fully saturated rings. The van der Waals surface area contributed by atoms with Crippen LogP contribution in [0, 0.1) is 0 Å². The van der Waals surface area contributed by atoms with Gasteiger partial charge >= 0.3 is 11.9 Å². The maximum Gasteiger partial charge on any atom is 0.324 e. The van der Waals surface area contributed by atoms with E-state index in [-0.39, 0.29) is 25.4 Å². The molecule has 0 heterocycles. The molecule has 0 aliphatic rings. The Morgan fingerprint density at radius 3 is 2.35 bits per heavy atom. The molecule has 2 N–H and O–H groups in total. The fraction of sp³-hybridized carbons (Fsp3) is 0.333. The van der Waals surface area contributed by atoms with Crippen molar-refractivity contribution >= 4 is 11.9 Å². The SMILES string of the molecule is NOC(=O)CCCC(=O)OCc1ccccc1. The minimum atomic E-state index is -0.527. The van der Waals surface area contributed by atoms with E-state index < -0.39 is 5.97 Å². The first-order valence-corrected chi connectivity index (χ1v) is 5.31. The Morgan fingerprint density at radius 2 is 1.71 bits per heavy atom. The maximum absolute atomic E-state index is 11.3. The number of esters is 1. The van der Waals surface area contributed by atoms with Crippen molar-refractivity contribution in [3.63, 3.8) is 0 Å². The number of nitrogens with two attached hydrogens (primary N) is 1. The average molecular weight is 237 g/mol. The van der Waals surface area contributed by atoms with Crippen molar-refractivity contribution in [2.45, 2.75) is 25.9 Å². The van der Waals surface area contributed by atoms with E-state index in [1.807, 2.05) is 30.3 Å². The van der Waals surface area contributed by atoms with Gasteiger partial charge in [-0.15, -0.1) is 0 Å². The van der Waals surface area contributed by atoms with Crippen molar-refractivity contribution < 1.29 is 19.2 Å². The number of rotatable bonds is 6. The molecule has 5 nitrogen and oxygen atoms in total. The number of benzene rings is 1. The second-order valence-electron chi connectivity index (χ2n) is 3.49. The Bertz CT molecular complexity index is 364. The Balaban J connectivity index is 2.16. The summed E-state index contributed by atoms with van der Waals surface area (Å²) < 4.78 is 5.02. The molecular weight excluding hydrogens is 222 g/mol. The van der Waals surface area contributed by atoms with Gasteiger partial charge in [-0.05, 0) is 12.0 Å². The lowest BCUT2D eigenvalue weighted by Crippen LogP contribution is -2.11. The first-order valence-electron chi connectivity index (χ1n) is 5.31. The predicted molar refractivity (Wildman–Crippen MR) is 60.4 cm³/mol. The summed E-state index contributed by atoms with van der Waals surface area (Å²) in [7, 11) is 0. The fourth-order valence-corrected chi connectivity index (χ4v) is 1.25. The summed E-state index contributed by atoms with van der Waals surface area (Å²) in [5, 5.41) is 0. The van der Waals surface area contributed by atoms with Crippen molar-refractivity contribution in [1.29, 1.82) is 0 Å². The first kappa shape index (κ1) is 13.2. The van der Waals surface area contributed by atoms with Crippen LogP contribution in [-0.2, 0) is 25.8 Å².